The Bertz CT molecular complexity index is 875. The summed E-state index contributed by atoms with van der Waals surface area (Å²) in [6.07, 6.45) is 0.335. The highest BCUT2D eigenvalue weighted by molar-refractivity contribution is 5.78. The van der Waals surface area contributed by atoms with Crippen molar-refractivity contribution >= 4 is 5.91 Å². The lowest BCUT2D eigenvalue weighted by Crippen LogP contribution is -2.24. The van der Waals surface area contributed by atoms with Gasteiger partial charge in [0.15, 0.2) is 17.3 Å². The van der Waals surface area contributed by atoms with Crippen LogP contribution in [0.1, 0.15) is 11.3 Å². The molecule has 134 valence electrons. The summed E-state index contributed by atoms with van der Waals surface area (Å²) < 4.78 is 15.9. The average molecular weight is 352 g/mol. The van der Waals surface area contributed by atoms with Crippen LogP contribution in [0.5, 0.6) is 11.5 Å². The molecule has 0 aliphatic heterocycles. The molecule has 1 amide bonds. The largest absolute Gasteiger partial charge is 0.493 e. The number of nitrogens with one attached hydrogen (secondary N) is 1. The summed E-state index contributed by atoms with van der Waals surface area (Å²) in [5.74, 6) is 1.79. The van der Waals surface area contributed by atoms with Crippen LogP contribution in [0, 0.1) is 0 Å². The average Bonchev–Trinajstić information content (AvgIpc) is 3.15. The van der Waals surface area contributed by atoms with Crippen LogP contribution < -0.4 is 14.8 Å². The number of ether oxygens (including phenoxy) is 2. The van der Waals surface area contributed by atoms with E-state index in [2.05, 4.69) is 10.5 Å². The van der Waals surface area contributed by atoms with E-state index in [1.54, 1.807) is 26.4 Å². The molecule has 0 radical (unpaired) electrons. The molecule has 26 heavy (non-hydrogen) atoms. The van der Waals surface area contributed by atoms with Gasteiger partial charge in [-0.05, 0) is 23.8 Å². The molecule has 3 rings (SSSR count). The van der Waals surface area contributed by atoms with Gasteiger partial charge in [0.05, 0.1) is 27.2 Å². The Hall–Kier alpha value is -3.28. The highest BCUT2D eigenvalue weighted by Crippen LogP contribution is 2.32. The van der Waals surface area contributed by atoms with E-state index in [1.165, 1.54) is 0 Å². The summed E-state index contributed by atoms with van der Waals surface area (Å²) in [6, 6.07) is 16.9. The molecular formula is C20H20N2O4. The van der Waals surface area contributed by atoms with Gasteiger partial charge in [0, 0.05) is 11.6 Å². The van der Waals surface area contributed by atoms with Gasteiger partial charge >= 0.3 is 0 Å². The fourth-order valence-corrected chi connectivity index (χ4v) is 2.55. The topological polar surface area (TPSA) is 73.6 Å². The van der Waals surface area contributed by atoms with Crippen molar-refractivity contribution in [3.8, 4) is 22.8 Å². The molecule has 0 spiro atoms. The molecule has 0 fully saturated rings. The van der Waals surface area contributed by atoms with Crippen molar-refractivity contribution in [2.75, 3.05) is 14.2 Å². The normalized spacial score (nSPS) is 10.4. The maximum Gasteiger partial charge on any atom is 0.224 e. The van der Waals surface area contributed by atoms with Gasteiger partial charge in [-0.2, -0.15) is 0 Å². The van der Waals surface area contributed by atoms with Crippen LogP contribution in [0.15, 0.2) is 59.1 Å². The Balaban J connectivity index is 1.62. The third kappa shape index (κ3) is 4.22. The Morgan fingerprint density at radius 1 is 1.04 bits per heavy atom. The van der Waals surface area contributed by atoms with Crippen molar-refractivity contribution < 1.29 is 18.8 Å². The summed E-state index contributed by atoms with van der Waals surface area (Å²) in [5, 5.41) is 6.85. The van der Waals surface area contributed by atoms with Crippen LogP contribution >= 0.6 is 0 Å². The molecule has 1 N–H and O–H groups in total. The minimum atomic E-state index is -0.0631. The number of methoxy groups -OCH3 is 2. The van der Waals surface area contributed by atoms with Crippen LogP contribution in [0.3, 0.4) is 0 Å². The summed E-state index contributed by atoms with van der Waals surface area (Å²) in [7, 11) is 3.16. The van der Waals surface area contributed by atoms with Crippen LogP contribution in [0.25, 0.3) is 11.3 Å². The molecular weight excluding hydrogens is 332 g/mol. The molecule has 6 heteroatoms. The van der Waals surface area contributed by atoms with Crippen LogP contribution in [0.2, 0.25) is 0 Å². The molecule has 0 aliphatic carbocycles. The summed E-state index contributed by atoms with van der Waals surface area (Å²) in [5.41, 5.74) is 2.43. The SMILES string of the molecule is COc1ccc(-c2cc(CNC(=O)Cc3ccccc3)no2)cc1OC. The molecule has 0 saturated carbocycles. The van der Waals surface area contributed by atoms with E-state index >= 15 is 0 Å². The van der Waals surface area contributed by atoms with Crippen LogP contribution in [-0.4, -0.2) is 25.3 Å². The Kier molecular flexibility index (Phi) is 5.53. The fourth-order valence-electron chi connectivity index (χ4n) is 2.55. The van der Waals surface area contributed by atoms with Crippen molar-refractivity contribution in [1.82, 2.24) is 10.5 Å². The van der Waals surface area contributed by atoms with E-state index in [-0.39, 0.29) is 5.91 Å². The van der Waals surface area contributed by atoms with Crippen LogP contribution in [-0.2, 0) is 17.8 Å². The Labute approximate surface area is 151 Å². The van der Waals surface area contributed by atoms with Crippen LogP contribution in [0.4, 0.5) is 0 Å². The number of aromatic nitrogens is 1. The molecule has 1 aromatic heterocycles. The third-order valence-corrected chi connectivity index (χ3v) is 3.90. The first-order valence-corrected chi connectivity index (χ1v) is 8.18. The van der Waals surface area contributed by atoms with Crippen molar-refractivity contribution in [3.05, 3.63) is 65.9 Å². The minimum absolute atomic E-state index is 0.0631. The first-order valence-electron chi connectivity index (χ1n) is 8.18. The molecule has 0 saturated heterocycles. The number of amides is 1. The van der Waals surface area contributed by atoms with Gasteiger partial charge in [-0.1, -0.05) is 35.5 Å². The first-order chi connectivity index (χ1) is 12.7. The fraction of sp³-hybridized carbons (Fsp3) is 0.200. The Morgan fingerprint density at radius 2 is 1.81 bits per heavy atom. The summed E-state index contributed by atoms with van der Waals surface area (Å²) in [6.45, 7) is 0.308. The number of benzene rings is 2. The molecule has 2 aromatic carbocycles. The van der Waals surface area contributed by atoms with E-state index in [9.17, 15) is 4.79 Å². The zero-order valence-corrected chi connectivity index (χ0v) is 14.7. The maximum absolute atomic E-state index is 12.0. The van der Waals surface area contributed by atoms with E-state index in [0.29, 0.717) is 35.9 Å². The van der Waals surface area contributed by atoms with Crippen molar-refractivity contribution in [1.29, 1.82) is 0 Å². The van der Waals surface area contributed by atoms with Gasteiger partial charge in [-0.3, -0.25) is 4.79 Å². The molecule has 0 bridgehead atoms. The van der Waals surface area contributed by atoms with Gasteiger partial charge in [0.25, 0.3) is 0 Å². The monoisotopic (exact) mass is 352 g/mol. The standard InChI is InChI=1S/C20H20N2O4/c1-24-17-9-8-15(11-19(17)25-2)18-12-16(22-26-18)13-21-20(23)10-14-6-4-3-5-7-14/h3-9,11-12H,10,13H2,1-2H3,(H,21,23). The van der Waals surface area contributed by atoms with Crippen molar-refractivity contribution in [2.24, 2.45) is 0 Å². The van der Waals surface area contributed by atoms with Gasteiger partial charge in [0.2, 0.25) is 5.91 Å². The number of carbonyl (C=O) groups excluding carboxylic acids is 1. The zero-order chi connectivity index (χ0) is 18.4. The van der Waals surface area contributed by atoms with Gasteiger partial charge in [0.1, 0.15) is 5.69 Å². The minimum Gasteiger partial charge on any atom is -0.493 e. The first kappa shape index (κ1) is 17.5. The quantitative estimate of drug-likeness (QED) is 0.707. The second-order valence-electron chi connectivity index (χ2n) is 5.69. The molecule has 0 aliphatic rings. The van der Waals surface area contributed by atoms with E-state index in [4.69, 9.17) is 14.0 Å². The number of rotatable bonds is 7. The highest BCUT2D eigenvalue weighted by Gasteiger charge is 2.11. The van der Waals surface area contributed by atoms with Gasteiger partial charge in [-0.25, -0.2) is 0 Å². The second kappa shape index (κ2) is 8.20. The molecule has 6 nitrogen and oxygen atoms in total. The number of nitrogens with zero attached hydrogens (tertiary/aromatic N) is 1. The number of carbonyl (C=O) groups is 1. The lowest BCUT2D eigenvalue weighted by Gasteiger charge is -2.07. The number of hydrogen-bond donors (Lipinski definition) is 1. The molecule has 3 aromatic rings. The Morgan fingerprint density at radius 3 is 2.54 bits per heavy atom. The van der Waals surface area contributed by atoms with Crippen molar-refractivity contribution in [2.45, 2.75) is 13.0 Å². The lowest BCUT2D eigenvalue weighted by atomic mass is 10.1. The predicted molar refractivity (Wildman–Crippen MR) is 97.0 cm³/mol. The second-order valence-corrected chi connectivity index (χ2v) is 5.69. The summed E-state index contributed by atoms with van der Waals surface area (Å²) >= 11 is 0. The third-order valence-electron chi connectivity index (χ3n) is 3.90. The molecule has 0 atom stereocenters. The number of hydrogen-bond acceptors (Lipinski definition) is 5. The van der Waals surface area contributed by atoms with E-state index < -0.39 is 0 Å². The smallest absolute Gasteiger partial charge is 0.224 e. The van der Waals surface area contributed by atoms with E-state index in [1.807, 2.05) is 42.5 Å². The zero-order valence-electron chi connectivity index (χ0n) is 14.7. The molecule has 1 heterocycles. The van der Waals surface area contributed by atoms with E-state index in [0.717, 1.165) is 11.1 Å². The predicted octanol–water partition coefficient (Wildman–Crippen LogP) is 3.22. The summed E-state index contributed by atoms with van der Waals surface area (Å²) in [4.78, 5) is 12.0. The highest BCUT2D eigenvalue weighted by atomic mass is 16.5. The van der Waals surface area contributed by atoms with Gasteiger partial charge in [-0.15, -0.1) is 0 Å². The molecule has 0 unspecified atom stereocenters. The van der Waals surface area contributed by atoms with Crippen molar-refractivity contribution in [3.63, 3.8) is 0 Å². The lowest BCUT2D eigenvalue weighted by molar-refractivity contribution is -0.120. The maximum atomic E-state index is 12.0. The van der Waals surface area contributed by atoms with Gasteiger partial charge < -0.3 is 19.3 Å².